The van der Waals surface area contributed by atoms with E-state index in [1.54, 1.807) is 24.3 Å². The number of primary amides is 1. The Bertz CT molecular complexity index is 325. The summed E-state index contributed by atoms with van der Waals surface area (Å²) < 4.78 is 0. The number of carboxylic acid groups (broad SMARTS) is 1. The summed E-state index contributed by atoms with van der Waals surface area (Å²) in [6.45, 7) is 0. The number of carbonyl (C=O) groups excluding carboxylic acids is 1. The van der Waals surface area contributed by atoms with Crippen LogP contribution in [0.15, 0.2) is 24.3 Å². The lowest BCUT2D eigenvalue weighted by molar-refractivity contribution is -0.136. The van der Waals surface area contributed by atoms with E-state index >= 15 is 0 Å². The minimum absolute atomic E-state index is 0.0799. The van der Waals surface area contributed by atoms with Crippen molar-refractivity contribution in [3.8, 4) is 0 Å². The molecule has 0 aromatic heterocycles. The third-order valence-electron chi connectivity index (χ3n) is 1.82. The molecule has 0 aliphatic carbocycles. The predicted molar refractivity (Wildman–Crippen MR) is 50.7 cm³/mol. The maximum atomic E-state index is 10.7. The summed E-state index contributed by atoms with van der Waals surface area (Å²) >= 11 is 0. The molecule has 0 saturated carbocycles. The van der Waals surface area contributed by atoms with E-state index < -0.39 is 11.9 Å². The first-order valence-corrected chi connectivity index (χ1v) is 4.16. The van der Waals surface area contributed by atoms with E-state index in [9.17, 15) is 9.59 Å². The van der Waals surface area contributed by atoms with Crippen LogP contribution in [0.5, 0.6) is 0 Å². The first kappa shape index (κ1) is 10.2. The van der Waals surface area contributed by atoms with Gasteiger partial charge in [-0.3, -0.25) is 9.59 Å². The van der Waals surface area contributed by atoms with Crippen molar-refractivity contribution in [3.63, 3.8) is 0 Å². The minimum atomic E-state index is -0.915. The summed E-state index contributed by atoms with van der Waals surface area (Å²) in [4.78, 5) is 21.2. The molecule has 4 heteroatoms. The molecule has 0 saturated heterocycles. The molecule has 0 radical (unpaired) electrons. The number of benzene rings is 1. The van der Waals surface area contributed by atoms with Gasteiger partial charge < -0.3 is 10.8 Å². The zero-order valence-corrected chi connectivity index (χ0v) is 7.56. The molecule has 0 aliphatic heterocycles. The van der Waals surface area contributed by atoms with Crippen molar-refractivity contribution in [1.82, 2.24) is 0 Å². The number of carboxylic acids is 1. The van der Waals surface area contributed by atoms with Crippen LogP contribution in [0.25, 0.3) is 0 Å². The smallest absolute Gasteiger partial charge is 0.307 e. The molecule has 74 valence electrons. The van der Waals surface area contributed by atoms with Crippen LogP contribution in [-0.2, 0) is 22.4 Å². The molecule has 1 aromatic rings. The second-order valence-electron chi connectivity index (χ2n) is 2.98. The van der Waals surface area contributed by atoms with E-state index in [-0.39, 0.29) is 12.8 Å². The van der Waals surface area contributed by atoms with Gasteiger partial charge in [0.2, 0.25) is 5.91 Å². The highest BCUT2D eigenvalue weighted by Crippen LogP contribution is 2.10. The van der Waals surface area contributed by atoms with Gasteiger partial charge in [0, 0.05) is 0 Å². The van der Waals surface area contributed by atoms with Crippen LogP contribution in [0.1, 0.15) is 11.1 Å². The second-order valence-corrected chi connectivity index (χ2v) is 2.98. The fourth-order valence-corrected chi connectivity index (χ4v) is 1.25. The van der Waals surface area contributed by atoms with E-state index in [1.807, 2.05) is 0 Å². The molecule has 14 heavy (non-hydrogen) atoms. The third kappa shape index (κ3) is 2.90. The summed E-state index contributed by atoms with van der Waals surface area (Å²) in [6.07, 6.45) is 0.00685. The molecule has 3 N–H and O–H groups in total. The fraction of sp³-hybridized carbons (Fsp3) is 0.200. The van der Waals surface area contributed by atoms with E-state index in [0.717, 1.165) is 0 Å². The van der Waals surface area contributed by atoms with Gasteiger partial charge in [-0.05, 0) is 11.1 Å². The number of aliphatic carboxylic acids is 1. The SMILES string of the molecule is NC(=O)Cc1ccccc1CC(=O)O. The lowest BCUT2D eigenvalue weighted by Crippen LogP contribution is -2.15. The van der Waals surface area contributed by atoms with Gasteiger partial charge in [0.25, 0.3) is 0 Å². The van der Waals surface area contributed by atoms with Gasteiger partial charge in [0.1, 0.15) is 0 Å². The third-order valence-corrected chi connectivity index (χ3v) is 1.82. The average Bonchev–Trinajstić information content (AvgIpc) is 2.06. The van der Waals surface area contributed by atoms with Crippen molar-refractivity contribution in [2.75, 3.05) is 0 Å². The van der Waals surface area contributed by atoms with Gasteiger partial charge in [-0.2, -0.15) is 0 Å². The molecule has 1 rings (SSSR count). The van der Waals surface area contributed by atoms with Crippen LogP contribution < -0.4 is 5.73 Å². The van der Waals surface area contributed by atoms with Crippen LogP contribution in [0.2, 0.25) is 0 Å². The monoisotopic (exact) mass is 193 g/mol. The molecule has 0 heterocycles. The standard InChI is InChI=1S/C10H11NO3/c11-9(12)5-7-3-1-2-4-8(7)6-10(13)14/h1-4H,5-6H2,(H2,11,12)(H,13,14). The number of rotatable bonds is 4. The van der Waals surface area contributed by atoms with Crippen molar-refractivity contribution >= 4 is 11.9 Å². The Labute approximate surface area is 81.3 Å². The Morgan fingerprint density at radius 3 is 2.07 bits per heavy atom. The quantitative estimate of drug-likeness (QED) is 0.723. The molecule has 0 bridgehead atoms. The van der Waals surface area contributed by atoms with Crippen molar-refractivity contribution in [3.05, 3.63) is 35.4 Å². The first-order valence-electron chi connectivity index (χ1n) is 4.16. The molecule has 0 spiro atoms. The Kier molecular flexibility index (Phi) is 3.23. The molecule has 0 fully saturated rings. The summed E-state index contributed by atoms with van der Waals surface area (Å²) in [7, 11) is 0. The summed E-state index contributed by atoms with van der Waals surface area (Å²) in [5.41, 5.74) is 6.36. The van der Waals surface area contributed by atoms with Crippen LogP contribution in [0.4, 0.5) is 0 Å². The Morgan fingerprint density at radius 2 is 1.64 bits per heavy atom. The lowest BCUT2D eigenvalue weighted by atomic mass is 10.0. The maximum Gasteiger partial charge on any atom is 0.307 e. The molecule has 0 atom stereocenters. The highest BCUT2D eigenvalue weighted by atomic mass is 16.4. The minimum Gasteiger partial charge on any atom is -0.481 e. The van der Waals surface area contributed by atoms with Crippen LogP contribution in [-0.4, -0.2) is 17.0 Å². The molecule has 0 unspecified atom stereocenters. The Morgan fingerprint density at radius 1 is 1.14 bits per heavy atom. The van der Waals surface area contributed by atoms with E-state index in [1.165, 1.54) is 0 Å². The largest absolute Gasteiger partial charge is 0.481 e. The van der Waals surface area contributed by atoms with Crippen LogP contribution in [0, 0.1) is 0 Å². The first-order chi connectivity index (χ1) is 6.59. The van der Waals surface area contributed by atoms with Crippen molar-refractivity contribution in [2.45, 2.75) is 12.8 Å². The summed E-state index contributed by atoms with van der Waals surface area (Å²) in [5.74, 6) is -1.37. The Balaban J connectivity index is 2.90. The normalized spacial score (nSPS) is 9.71. The van der Waals surface area contributed by atoms with Gasteiger partial charge in [0.15, 0.2) is 0 Å². The number of hydrogen-bond acceptors (Lipinski definition) is 2. The molecule has 1 aromatic carbocycles. The van der Waals surface area contributed by atoms with Crippen LogP contribution >= 0.6 is 0 Å². The van der Waals surface area contributed by atoms with E-state index in [0.29, 0.717) is 11.1 Å². The predicted octanol–water partition coefficient (Wildman–Crippen LogP) is 0.341. The summed E-state index contributed by atoms with van der Waals surface area (Å²) in [6, 6.07) is 6.89. The van der Waals surface area contributed by atoms with E-state index in [4.69, 9.17) is 10.8 Å². The zero-order valence-electron chi connectivity index (χ0n) is 7.56. The van der Waals surface area contributed by atoms with Gasteiger partial charge in [0.05, 0.1) is 12.8 Å². The number of hydrogen-bond donors (Lipinski definition) is 2. The topological polar surface area (TPSA) is 80.4 Å². The van der Waals surface area contributed by atoms with E-state index in [2.05, 4.69) is 0 Å². The van der Waals surface area contributed by atoms with Crippen molar-refractivity contribution in [2.24, 2.45) is 5.73 Å². The number of amides is 1. The highest BCUT2D eigenvalue weighted by Gasteiger charge is 2.07. The van der Waals surface area contributed by atoms with Gasteiger partial charge in [-0.15, -0.1) is 0 Å². The van der Waals surface area contributed by atoms with Crippen LogP contribution in [0.3, 0.4) is 0 Å². The molecule has 4 nitrogen and oxygen atoms in total. The molecular weight excluding hydrogens is 182 g/mol. The molecule has 1 amide bonds. The lowest BCUT2D eigenvalue weighted by Gasteiger charge is -2.04. The molecule has 0 aliphatic rings. The maximum absolute atomic E-state index is 10.7. The highest BCUT2D eigenvalue weighted by molar-refractivity contribution is 5.78. The number of nitrogens with two attached hydrogens (primary N) is 1. The van der Waals surface area contributed by atoms with Gasteiger partial charge >= 0.3 is 5.97 Å². The van der Waals surface area contributed by atoms with Gasteiger partial charge in [-0.25, -0.2) is 0 Å². The fourth-order valence-electron chi connectivity index (χ4n) is 1.25. The van der Waals surface area contributed by atoms with Crippen molar-refractivity contribution in [1.29, 1.82) is 0 Å². The number of carbonyl (C=O) groups is 2. The average molecular weight is 193 g/mol. The van der Waals surface area contributed by atoms with Gasteiger partial charge in [-0.1, -0.05) is 24.3 Å². The Hall–Kier alpha value is -1.84. The summed E-state index contributed by atoms with van der Waals surface area (Å²) in [5, 5.41) is 8.61. The molecular formula is C10H11NO3. The van der Waals surface area contributed by atoms with Crippen molar-refractivity contribution < 1.29 is 14.7 Å². The zero-order chi connectivity index (χ0) is 10.6. The second kappa shape index (κ2) is 4.41.